The highest BCUT2D eigenvalue weighted by Gasteiger charge is 2.35. The van der Waals surface area contributed by atoms with Crippen molar-refractivity contribution in [2.75, 3.05) is 7.11 Å². The molecular weight excluding hydrogens is 500 g/mol. The fourth-order valence-corrected chi connectivity index (χ4v) is 5.88. The summed E-state index contributed by atoms with van der Waals surface area (Å²) in [6.45, 7) is 19.3. The van der Waals surface area contributed by atoms with E-state index >= 15 is 0 Å². The van der Waals surface area contributed by atoms with E-state index in [1.807, 2.05) is 20.8 Å². The molecule has 0 fully saturated rings. The molecule has 5 heteroatoms. The maximum atomic E-state index is 12.7. The van der Waals surface area contributed by atoms with E-state index in [1.165, 1.54) is 58.5 Å². The van der Waals surface area contributed by atoms with Gasteiger partial charge in [0.1, 0.15) is 17.1 Å². The Balaban J connectivity index is 1.93. The van der Waals surface area contributed by atoms with Crippen molar-refractivity contribution in [1.82, 2.24) is 0 Å². The second-order valence-corrected chi connectivity index (χ2v) is 13.2. The number of methoxy groups -OCH3 is 1. The first-order valence-electron chi connectivity index (χ1n) is 15.6. The van der Waals surface area contributed by atoms with Crippen LogP contribution in [0.15, 0.2) is 11.6 Å². The van der Waals surface area contributed by atoms with E-state index in [9.17, 15) is 9.59 Å². The lowest BCUT2D eigenvalue weighted by molar-refractivity contribution is -0.136. The number of benzene rings is 1. The van der Waals surface area contributed by atoms with E-state index in [1.54, 1.807) is 6.92 Å². The monoisotopic (exact) mass is 556 g/mol. The molecule has 0 saturated carbocycles. The predicted molar refractivity (Wildman–Crippen MR) is 164 cm³/mol. The molecule has 3 unspecified atom stereocenters. The largest absolute Gasteiger partial charge is 0.487 e. The molecule has 0 saturated heterocycles. The summed E-state index contributed by atoms with van der Waals surface area (Å²) in [5.41, 5.74) is 3.99. The molecule has 1 aromatic rings. The van der Waals surface area contributed by atoms with Crippen LogP contribution in [0.1, 0.15) is 128 Å². The molecule has 1 aromatic carbocycles. The molecule has 1 heterocycles. The zero-order chi connectivity index (χ0) is 30.0. The van der Waals surface area contributed by atoms with Crippen molar-refractivity contribution in [2.24, 2.45) is 17.8 Å². The van der Waals surface area contributed by atoms with E-state index in [2.05, 4.69) is 39.4 Å². The second-order valence-electron chi connectivity index (χ2n) is 13.2. The van der Waals surface area contributed by atoms with Gasteiger partial charge in [-0.15, -0.1) is 0 Å². The molecule has 3 atom stereocenters. The average Bonchev–Trinajstić information content (AvgIpc) is 2.89. The number of rotatable bonds is 15. The molecule has 0 radical (unpaired) electrons. The van der Waals surface area contributed by atoms with Crippen molar-refractivity contribution >= 4 is 11.9 Å². The third-order valence-electron chi connectivity index (χ3n) is 8.89. The van der Waals surface area contributed by atoms with Crippen LogP contribution >= 0.6 is 0 Å². The van der Waals surface area contributed by atoms with Crippen LogP contribution < -0.4 is 9.47 Å². The Morgan fingerprint density at radius 1 is 0.900 bits per heavy atom. The van der Waals surface area contributed by atoms with Gasteiger partial charge in [0, 0.05) is 17.2 Å². The van der Waals surface area contributed by atoms with Crippen molar-refractivity contribution in [1.29, 1.82) is 0 Å². The first-order chi connectivity index (χ1) is 18.8. The van der Waals surface area contributed by atoms with Crippen LogP contribution in [0.2, 0.25) is 0 Å². The van der Waals surface area contributed by atoms with Crippen molar-refractivity contribution in [3.63, 3.8) is 0 Å². The molecular formula is C35H56O5. The predicted octanol–water partition coefficient (Wildman–Crippen LogP) is 9.16. The normalized spacial score (nSPS) is 18.6. The number of carbonyl (C=O) groups is 2. The lowest BCUT2D eigenvalue weighted by Gasteiger charge is -2.38. The van der Waals surface area contributed by atoms with Gasteiger partial charge in [-0.25, -0.2) is 9.59 Å². The Labute approximate surface area is 244 Å². The summed E-state index contributed by atoms with van der Waals surface area (Å²) in [6.07, 6.45) is 14.6. The van der Waals surface area contributed by atoms with Gasteiger partial charge in [0.25, 0.3) is 0 Å². The van der Waals surface area contributed by atoms with Crippen LogP contribution in [0, 0.1) is 38.5 Å². The Bertz CT molecular complexity index is 1040. The summed E-state index contributed by atoms with van der Waals surface area (Å²) in [5.74, 6) is 2.81. The number of hydrogen-bond donors (Lipinski definition) is 0. The summed E-state index contributed by atoms with van der Waals surface area (Å²) < 4.78 is 17.1. The van der Waals surface area contributed by atoms with Crippen molar-refractivity contribution < 1.29 is 23.8 Å². The zero-order valence-electron chi connectivity index (χ0n) is 27.1. The lowest BCUT2D eigenvalue weighted by atomic mass is 9.83. The minimum atomic E-state index is -0.575. The fraction of sp³-hybridized carbons (Fsp3) is 0.714. The highest BCUT2D eigenvalue weighted by atomic mass is 16.5. The van der Waals surface area contributed by atoms with Crippen LogP contribution in [0.3, 0.4) is 0 Å². The van der Waals surface area contributed by atoms with Crippen molar-refractivity contribution in [3.05, 3.63) is 33.9 Å². The van der Waals surface area contributed by atoms with Gasteiger partial charge in [-0.05, 0) is 94.7 Å². The Morgan fingerprint density at radius 2 is 1.48 bits per heavy atom. The van der Waals surface area contributed by atoms with Gasteiger partial charge in [0.05, 0.1) is 7.11 Å². The third kappa shape index (κ3) is 9.96. The van der Waals surface area contributed by atoms with Gasteiger partial charge in [0.2, 0.25) is 0 Å². The number of hydrogen-bond acceptors (Lipinski definition) is 5. The zero-order valence-corrected chi connectivity index (χ0v) is 27.1. The molecule has 0 aliphatic carbocycles. The molecule has 226 valence electrons. The quantitative estimate of drug-likeness (QED) is 0.122. The maximum Gasteiger partial charge on any atom is 0.339 e. The number of ether oxygens (including phenoxy) is 3. The van der Waals surface area contributed by atoms with Gasteiger partial charge < -0.3 is 14.2 Å². The second kappa shape index (κ2) is 15.6. The van der Waals surface area contributed by atoms with Crippen LogP contribution in [0.4, 0.5) is 0 Å². The van der Waals surface area contributed by atoms with Crippen molar-refractivity contribution in [3.8, 4) is 11.5 Å². The fourth-order valence-electron chi connectivity index (χ4n) is 5.88. The molecule has 0 bridgehead atoms. The molecule has 0 amide bonds. The molecule has 0 N–H and O–H groups in total. The van der Waals surface area contributed by atoms with Gasteiger partial charge in [-0.3, -0.25) is 0 Å². The number of esters is 2. The van der Waals surface area contributed by atoms with Crippen LogP contribution in [0.25, 0.3) is 0 Å². The maximum absolute atomic E-state index is 12.7. The minimum absolute atomic E-state index is 0.181. The van der Waals surface area contributed by atoms with E-state index in [4.69, 9.17) is 9.47 Å². The summed E-state index contributed by atoms with van der Waals surface area (Å²) >= 11 is 0. The van der Waals surface area contributed by atoms with E-state index in [0.29, 0.717) is 5.75 Å². The van der Waals surface area contributed by atoms with Gasteiger partial charge in [-0.1, -0.05) is 72.6 Å². The summed E-state index contributed by atoms with van der Waals surface area (Å²) in [4.78, 5) is 24.2. The molecule has 5 nitrogen and oxygen atoms in total. The summed E-state index contributed by atoms with van der Waals surface area (Å²) in [5, 5.41) is 0. The number of fused-ring (bicyclic) bond motifs is 1. The molecule has 2 rings (SSSR count). The average molecular weight is 557 g/mol. The smallest absolute Gasteiger partial charge is 0.339 e. The Hall–Kier alpha value is -2.30. The molecule has 40 heavy (non-hydrogen) atoms. The minimum Gasteiger partial charge on any atom is -0.487 e. The molecule has 0 spiro atoms. The van der Waals surface area contributed by atoms with Gasteiger partial charge in [0.15, 0.2) is 0 Å². The van der Waals surface area contributed by atoms with E-state index < -0.39 is 11.9 Å². The summed E-state index contributed by atoms with van der Waals surface area (Å²) in [7, 11) is 1.28. The standard InChI is InChI=1S/C35H56O5/c1-23(2)14-11-15-24(3)16-12-17-25(4)18-13-20-35(9)21-19-30-29(8)32(27(6)28(7)33(30)40-35)39-34(37)26(5)22-31(36)38-10/h22-25H,11-21H2,1-10H3/b26-22-. The SMILES string of the molecule is COC(=O)/C=C(/C)C(=O)Oc1c(C)c(C)c2c(c1C)CCC(C)(CCCC(C)CCCC(C)CCCC(C)C)O2. The van der Waals surface area contributed by atoms with Crippen molar-refractivity contribution in [2.45, 2.75) is 139 Å². The van der Waals surface area contributed by atoms with Crippen LogP contribution in [-0.2, 0) is 20.7 Å². The third-order valence-corrected chi connectivity index (χ3v) is 8.89. The first-order valence-corrected chi connectivity index (χ1v) is 15.6. The summed E-state index contributed by atoms with van der Waals surface area (Å²) in [6, 6.07) is 0. The van der Waals surface area contributed by atoms with E-state index in [-0.39, 0.29) is 11.2 Å². The first kappa shape index (κ1) is 33.9. The number of carbonyl (C=O) groups excluding carboxylic acids is 2. The van der Waals surface area contributed by atoms with E-state index in [0.717, 1.165) is 71.1 Å². The molecule has 0 aromatic heterocycles. The highest BCUT2D eigenvalue weighted by molar-refractivity contribution is 5.97. The van der Waals surface area contributed by atoms with Gasteiger partial charge in [-0.2, -0.15) is 0 Å². The Morgan fingerprint density at radius 3 is 2.05 bits per heavy atom. The highest BCUT2D eigenvalue weighted by Crippen LogP contribution is 2.45. The topological polar surface area (TPSA) is 61.8 Å². The van der Waals surface area contributed by atoms with Crippen LogP contribution in [-0.4, -0.2) is 24.6 Å². The van der Waals surface area contributed by atoms with Crippen LogP contribution in [0.5, 0.6) is 11.5 Å². The lowest BCUT2D eigenvalue weighted by Crippen LogP contribution is -2.37. The molecule has 1 aliphatic heterocycles. The molecule has 1 aliphatic rings. The van der Waals surface area contributed by atoms with Gasteiger partial charge >= 0.3 is 11.9 Å². The Kier molecular flexibility index (Phi) is 13.3.